The van der Waals surface area contributed by atoms with Gasteiger partial charge in [-0.2, -0.15) is 0 Å². The highest BCUT2D eigenvalue weighted by molar-refractivity contribution is 5.83. The first-order chi connectivity index (χ1) is 17.2. The van der Waals surface area contributed by atoms with Crippen molar-refractivity contribution in [3.63, 3.8) is 0 Å². The topological polar surface area (TPSA) is 111 Å². The van der Waals surface area contributed by atoms with Crippen LogP contribution in [0.25, 0.3) is 10.9 Å². The molecule has 5 rings (SSSR count). The lowest BCUT2D eigenvalue weighted by molar-refractivity contribution is 0.111. The van der Waals surface area contributed by atoms with Gasteiger partial charge in [-0.15, -0.1) is 5.10 Å². The zero-order valence-corrected chi connectivity index (χ0v) is 21.3. The molecule has 4 heterocycles. The Morgan fingerprint density at radius 3 is 2.53 bits per heavy atom. The molecule has 0 unspecified atom stereocenters. The van der Waals surface area contributed by atoms with Crippen LogP contribution in [0.15, 0.2) is 45.8 Å². The van der Waals surface area contributed by atoms with Crippen LogP contribution in [-0.4, -0.2) is 43.3 Å². The molecule has 1 atom stereocenters. The first kappa shape index (κ1) is 24.1. The maximum absolute atomic E-state index is 13.2. The summed E-state index contributed by atoms with van der Waals surface area (Å²) < 4.78 is 19.0. The number of fused-ring (bicyclic) bond motifs is 2. The van der Waals surface area contributed by atoms with Crippen molar-refractivity contribution in [2.45, 2.75) is 59.3 Å². The number of hydrogen-bond acceptors (Lipinski definition) is 8. The number of pyridine rings is 1. The minimum absolute atomic E-state index is 0.151. The minimum Gasteiger partial charge on any atom is -0.486 e. The van der Waals surface area contributed by atoms with Crippen LogP contribution in [-0.2, 0) is 18.6 Å². The Morgan fingerprint density at radius 2 is 1.86 bits per heavy atom. The third kappa shape index (κ3) is 4.73. The van der Waals surface area contributed by atoms with E-state index in [0.717, 1.165) is 17.0 Å². The monoisotopic (exact) mass is 492 g/mol. The number of nitrogens with zero attached hydrogens (tertiary/aromatic N) is 5. The van der Waals surface area contributed by atoms with Crippen molar-refractivity contribution >= 4 is 10.9 Å². The number of furan rings is 1. The number of rotatable bonds is 7. The van der Waals surface area contributed by atoms with E-state index in [-0.39, 0.29) is 23.1 Å². The van der Waals surface area contributed by atoms with Crippen LogP contribution < -0.4 is 15.0 Å². The Balaban J connectivity index is 1.57. The minimum atomic E-state index is -0.302. The smallest absolute Gasteiger partial charge is 0.252 e. The van der Waals surface area contributed by atoms with Crippen molar-refractivity contribution < 1.29 is 13.9 Å². The average Bonchev–Trinajstić information content (AvgIpc) is 3.50. The molecule has 0 bridgehead atoms. The fourth-order valence-corrected chi connectivity index (χ4v) is 4.72. The average molecular weight is 493 g/mol. The summed E-state index contributed by atoms with van der Waals surface area (Å²) in [7, 11) is 0. The predicted octanol–water partition coefficient (Wildman–Crippen LogP) is 4.03. The largest absolute Gasteiger partial charge is 0.486 e. The van der Waals surface area contributed by atoms with Crippen LogP contribution in [0, 0.1) is 5.92 Å². The Morgan fingerprint density at radius 1 is 1.11 bits per heavy atom. The number of aromatic nitrogens is 5. The highest BCUT2D eigenvalue weighted by Crippen LogP contribution is 2.35. The lowest BCUT2D eigenvalue weighted by Crippen LogP contribution is -2.37. The Kier molecular flexibility index (Phi) is 6.29. The highest BCUT2D eigenvalue weighted by atomic mass is 16.6. The Bertz CT molecular complexity index is 1400. The normalized spacial score (nSPS) is 14.6. The van der Waals surface area contributed by atoms with E-state index in [1.807, 2.05) is 35.0 Å². The number of aromatic amines is 1. The maximum Gasteiger partial charge on any atom is 0.252 e. The number of tetrazole rings is 1. The summed E-state index contributed by atoms with van der Waals surface area (Å²) in [5.41, 5.74) is 0.888. The third-order valence-corrected chi connectivity index (χ3v) is 6.31. The van der Waals surface area contributed by atoms with E-state index in [0.29, 0.717) is 48.9 Å². The molecule has 10 nitrogen and oxygen atoms in total. The second-order valence-corrected chi connectivity index (χ2v) is 10.5. The molecule has 4 aromatic rings. The van der Waals surface area contributed by atoms with E-state index in [4.69, 9.17) is 13.9 Å². The van der Waals surface area contributed by atoms with Gasteiger partial charge in [-0.25, -0.2) is 4.68 Å². The van der Waals surface area contributed by atoms with E-state index in [1.54, 1.807) is 6.26 Å². The number of nitrogens with one attached hydrogen (secondary N) is 1. The molecule has 0 fully saturated rings. The molecule has 1 aromatic carbocycles. The van der Waals surface area contributed by atoms with Crippen LogP contribution in [0.4, 0.5) is 0 Å². The maximum atomic E-state index is 13.2. The lowest BCUT2D eigenvalue weighted by atomic mass is 9.98. The van der Waals surface area contributed by atoms with E-state index in [1.165, 1.54) is 0 Å². The third-order valence-electron chi connectivity index (χ3n) is 6.31. The highest BCUT2D eigenvalue weighted by Gasteiger charge is 2.33. The molecule has 36 heavy (non-hydrogen) atoms. The number of ether oxygens (including phenoxy) is 2. The second kappa shape index (κ2) is 9.42. The predicted molar refractivity (Wildman–Crippen MR) is 134 cm³/mol. The fraction of sp³-hybridized carbons (Fsp3) is 0.462. The van der Waals surface area contributed by atoms with Gasteiger partial charge in [-0.05, 0) is 61.4 Å². The van der Waals surface area contributed by atoms with Crippen LogP contribution in [0.2, 0.25) is 0 Å². The molecule has 0 spiro atoms. The van der Waals surface area contributed by atoms with E-state index in [2.05, 4.69) is 60.0 Å². The van der Waals surface area contributed by atoms with E-state index < -0.39 is 0 Å². The van der Waals surface area contributed by atoms with Gasteiger partial charge in [-0.3, -0.25) is 9.69 Å². The zero-order valence-electron chi connectivity index (χ0n) is 21.3. The van der Waals surface area contributed by atoms with Gasteiger partial charge in [0, 0.05) is 23.6 Å². The molecule has 1 aliphatic rings. The molecule has 190 valence electrons. The summed E-state index contributed by atoms with van der Waals surface area (Å²) in [6.45, 7) is 12.3. The summed E-state index contributed by atoms with van der Waals surface area (Å²) in [4.78, 5) is 18.4. The Hall–Kier alpha value is -3.66. The fourth-order valence-electron chi connectivity index (χ4n) is 4.72. The van der Waals surface area contributed by atoms with E-state index >= 15 is 0 Å². The SMILES string of the molecule is CC(C)[C@H](c1nnnn1C(C)(C)C)N(Cc1ccco1)Cc1cc2cc3c(cc2[nH]c1=O)OCCO3. The number of H-pyrrole nitrogens is 1. The standard InChI is InChI=1S/C26H32N6O4/c1-16(2)23(24-28-29-30-32(24)26(3,4)5)31(15-19-7-6-8-34-19)14-18-11-17-12-21-22(36-10-9-35-21)13-20(17)27-25(18)33/h6-8,11-13,16,23H,9-10,14-15H2,1-5H3,(H,27,33)/t23-/m1/s1. The molecule has 0 aliphatic carbocycles. The van der Waals surface area contributed by atoms with Gasteiger partial charge < -0.3 is 18.9 Å². The first-order valence-electron chi connectivity index (χ1n) is 12.2. The van der Waals surface area contributed by atoms with Crippen molar-refractivity contribution in [1.29, 1.82) is 0 Å². The molecule has 1 aliphatic heterocycles. The van der Waals surface area contributed by atoms with Crippen LogP contribution in [0.5, 0.6) is 11.5 Å². The molecule has 0 radical (unpaired) electrons. The lowest BCUT2D eigenvalue weighted by Gasteiger charge is -2.34. The van der Waals surface area contributed by atoms with Crippen molar-refractivity contribution in [1.82, 2.24) is 30.1 Å². The van der Waals surface area contributed by atoms with Crippen LogP contribution >= 0.6 is 0 Å². The molecule has 3 aromatic heterocycles. The molecule has 0 saturated carbocycles. The molecule has 0 saturated heterocycles. The summed E-state index contributed by atoms with van der Waals surface area (Å²) in [6, 6.07) is 9.30. The van der Waals surface area contributed by atoms with Crippen molar-refractivity contribution in [3.8, 4) is 11.5 Å². The summed E-state index contributed by atoms with van der Waals surface area (Å²) in [6.07, 6.45) is 1.66. The Labute approximate surface area is 209 Å². The summed E-state index contributed by atoms with van der Waals surface area (Å²) in [5.74, 6) is 3.03. The molecule has 10 heteroatoms. The number of benzene rings is 1. The molecule has 0 amide bonds. The molecule has 1 N–H and O–H groups in total. The first-order valence-corrected chi connectivity index (χ1v) is 12.2. The zero-order chi connectivity index (χ0) is 25.4. The summed E-state index contributed by atoms with van der Waals surface area (Å²) >= 11 is 0. The van der Waals surface area contributed by atoms with Crippen molar-refractivity contribution in [3.05, 3.63) is 64.1 Å². The summed E-state index contributed by atoms with van der Waals surface area (Å²) in [5, 5.41) is 13.6. The number of hydrogen-bond donors (Lipinski definition) is 1. The van der Waals surface area contributed by atoms with Crippen LogP contribution in [0.1, 0.15) is 57.8 Å². The quantitative estimate of drug-likeness (QED) is 0.412. The van der Waals surface area contributed by atoms with Crippen LogP contribution in [0.3, 0.4) is 0 Å². The second-order valence-electron chi connectivity index (χ2n) is 10.5. The van der Waals surface area contributed by atoms with Gasteiger partial charge in [0.25, 0.3) is 5.56 Å². The van der Waals surface area contributed by atoms with Gasteiger partial charge in [0.2, 0.25) is 0 Å². The van der Waals surface area contributed by atoms with Gasteiger partial charge in [0.05, 0.1) is 29.9 Å². The molecular weight excluding hydrogens is 460 g/mol. The van der Waals surface area contributed by atoms with Gasteiger partial charge >= 0.3 is 0 Å². The molecular formula is C26H32N6O4. The van der Waals surface area contributed by atoms with E-state index in [9.17, 15) is 4.79 Å². The van der Waals surface area contributed by atoms with Crippen molar-refractivity contribution in [2.24, 2.45) is 5.92 Å². The van der Waals surface area contributed by atoms with Gasteiger partial charge in [-0.1, -0.05) is 13.8 Å². The van der Waals surface area contributed by atoms with Gasteiger partial charge in [0.15, 0.2) is 17.3 Å². The van der Waals surface area contributed by atoms with Gasteiger partial charge in [0.1, 0.15) is 19.0 Å². The van der Waals surface area contributed by atoms with Crippen molar-refractivity contribution in [2.75, 3.05) is 13.2 Å².